The summed E-state index contributed by atoms with van der Waals surface area (Å²) in [6, 6.07) is 14.1. The molecular formula is C21H21N3O5. The number of amides is 1. The van der Waals surface area contributed by atoms with Gasteiger partial charge in [0.1, 0.15) is 11.5 Å². The number of nitrogens with one attached hydrogen (secondary N) is 1. The third-order valence-corrected chi connectivity index (χ3v) is 4.19. The molecule has 3 aromatic rings. The minimum atomic E-state index is -0.276. The zero-order valence-corrected chi connectivity index (χ0v) is 16.2. The molecule has 1 N–H and O–H groups in total. The lowest BCUT2D eigenvalue weighted by molar-refractivity contribution is -0.121. The van der Waals surface area contributed by atoms with Gasteiger partial charge in [-0.2, -0.15) is 0 Å². The van der Waals surface area contributed by atoms with Crippen molar-refractivity contribution in [2.45, 2.75) is 19.4 Å². The van der Waals surface area contributed by atoms with Gasteiger partial charge in [-0.05, 0) is 30.3 Å². The number of nitrogens with zero attached hydrogens (tertiary/aromatic N) is 2. The topological polar surface area (TPSA) is 104 Å². The molecule has 0 aliphatic heterocycles. The van der Waals surface area contributed by atoms with Gasteiger partial charge in [-0.25, -0.2) is 0 Å². The molecule has 0 bridgehead atoms. The molecule has 8 nitrogen and oxygen atoms in total. The van der Waals surface area contributed by atoms with Gasteiger partial charge in [0.25, 0.3) is 0 Å². The summed E-state index contributed by atoms with van der Waals surface area (Å²) in [5, 5.41) is 10.6. The van der Waals surface area contributed by atoms with Crippen molar-refractivity contribution in [2.75, 3.05) is 14.2 Å². The number of hydrogen-bond donors (Lipinski definition) is 1. The summed E-state index contributed by atoms with van der Waals surface area (Å²) in [7, 11) is 3.11. The Bertz CT molecular complexity index is 999. The minimum Gasteiger partial charge on any atom is -0.497 e. The predicted molar refractivity (Wildman–Crippen MR) is 105 cm³/mol. The summed E-state index contributed by atoms with van der Waals surface area (Å²) in [4.78, 5) is 24.3. The lowest BCUT2D eigenvalue weighted by atomic mass is 10.1. The molecule has 29 heavy (non-hydrogen) atoms. The Kier molecular flexibility index (Phi) is 6.57. The smallest absolute Gasteiger partial charge is 0.247 e. The van der Waals surface area contributed by atoms with Crippen LogP contribution in [0.1, 0.15) is 29.1 Å². The summed E-state index contributed by atoms with van der Waals surface area (Å²) >= 11 is 0. The van der Waals surface area contributed by atoms with Crippen LogP contribution in [0.25, 0.3) is 11.5 Å². The normalized spacial score (nSPS) is 10.4. The first kappa shape index (κ1) is 20.1. The number of ketones is 1. The highest BCUT2D eigenvalue weighted by Gasteiger charge is 2.13. The monoisotopic (exact) mass is 395 g/mol. The van der Waals surface area contributed by atoms with Crippen LogP contribution in [0.15, 0.2) is 52.9 Å². The SMILES string of the molecule is COc1cccc(C(=O)CCC(=O)NCc2nnc(-c3cccc(OC)c3)o2)c1. The highest BCUT2D eigenvalue weighted by molar-refractivity contribution is 5.98. The second kappa shape index (κ2) is 9.50. The Labute approximate surface area is 167 Å². The summed E-state index contributed by atoms with van der Waals surface area (Å²) < 4.78 is 15.8. The number of aromatic nitrogens is 2. The molecule has 0 fully saturated rings. The first-order valence-corrected chi connectivity index (χ1v) is 9.00. The Morgan fingerprint density at radius 1 is 0.966 bits per heavy atom. The molecule has 0 saturated carbocycles. The Morgan fingerprint density at radius 2 is 1.69 bits per heavy atom. The fraction of sp³-hybridized carbons (Fsp3) is 0.238. The van der Waals surface area contributed by atoms with E-state index in [1.165, 1.54) is 7.11 Å². The lowest BCUT2D eigenvalue weighted by Crippen LogP contribution is -2.23. The molecule has 0 radical (unpaired) electrons. The van der Waals surface area contributed by atoms with E-state index in [0.29, 0.717) is 23.0 Å². The van der Waals surface area contributed by atoms with Gasteiger partial charge in [-0.3, -0.25) is 9.59 Å². The van der Waals surface area contributed by atoms with Crippen LogP contribution >= 0.6 is 0 Å². The van der Waals surface area contributed by atoms with Gasteiger partial charge in [-0.1, -0.05) is 18.2 Å². The van der Waals surface area contributed by atoms with Crippen LogP contribution in [-0.4, -0.2) is 36.1 Å². The second-order valence-corrected chi connectivity index (χ2v) is 6.16. The van der Waals surface area contributed by atoms with Crippen molar-refractivity contribution in [1.29, 1.82) is 0 Å². The number of carbonyl (C=O) groups is 2. The van der Waals surface area contributed by atoms with Crippen molar-refractivity contribution in [3.8, 4) is 23.0 Å². The van der Waals surface area contributed by atoms with Gasteiger partial charge in [0.15, 0.2) is 5.78 Å². The fourth-order valence-corrected chi connectivity index (χ4v) is 2.63. The molecule has 0 aliphatic carbocycles. The quantitative estimate of drug-likeness (QED) is 0.555. The maximum atomic E-state index is 12.2. The maximum Gasteiger partial charge on any atom is 0.247 e. The molecule has 0 atom stereocenters. The first-order valence-electron chi connectivity index (χ1n) is 9.00. The highest BCUT2D eigenvalue weighted by Crippen LogP contribution is 2.22. The van der Waals surface area contributed by atoms with E-state index in [2.05, 4.69) is 15.5 Å². The average Bonchev–Trinajstić information content (AvgIpc) is 3.25. The summed E-state index contributed by atoms with van der Waals surface area (Å²) in [6.45, 7) is 0.0865. The second-order valence-electron chi connectivity index (χ2n) is 6.16. The van der Waals surface area contributed by atoms with Crippen molar-refractivity contribution in [3.63, 3.8) is 0 Å². The van der Waals surface area contributed by atoms with E-state index < -0.39 is 0 Å². The Morgan fingerprint density at radius 3 is 2.45 bits per heavy atom. The van der Waals surface area contributed by atoms with E-state index in [0.717, 1.165) is 5.56 Å². The van der Waals surface area contributed by atoms with Gasteiger partial charge < -0.3 is 19.2 Å². The first-order chi connectivity index (χ1) is 14.1. The van der Waals surface area contributed by atoms with E-state index in [1.807, 2.05) is 18.2 Å². The Hall–Kier alpha value is -3.68. The third kappa shape index (κ3) is 5.41. The van der Waals surface area contributed by atoms with Gasteiger partial charge in [0.05, 0.1) is 20.8 Å². The van der Waals surface area contributed by atoms with Crippen LogP contribution in [-0.2, 0) is 11.3 Å². The molecule has 1 amide bonds. The van der Waals surface area contributed by atoms with Crippen LogP contribution in [0.5, 0.6) is 11.5 Å². The molecule has 1 aromatic heterocycles. The standard InChI is InChI=1S/C21H21N3O5/c1-27-16-7-3-5-14(11-16)18(25)9-10-19(26)22-13-20-23-24-21(29-20)15-6-4-8-17(12-15)28-2/h3-8,11-12H,9-10,13H2,1-2H3,(H,22,26). The average molecular weight is 395 g/mol. The van der Waals surface area contributed by atoms with E-state index in [1.54, 1.807) is 37.4 Å². The number of carbonyl (C=O) groups excluding carboxylic acids is 2. The van der Waals surface area contributed by atoms with Crippen LogP contribution < -0.4 is 14.8 Å². The summed E-state index contributed by atoms with van der Waals surface area (Å²) in [6.07, 6.45) is 0.158. The van der Waals surface area contributed by atoms with Crippen molar-refractivity contribution < 1.29 is 23.5 Å². The van der Waals surface area contributed by atoms with Crippen LogP contribution in [0.4, 0.5) is 0 Å². The zero-order valence-electron chi connectivity index (χ0n) is 16.2. The largest absolute Gasteiger partial charge is 0.497 e. The molecule has 0 unspecified atom stereocenters. The summed E-state index contributed by atoms with van der Waals surface area (Å²) in [5.41, 5.74) is 1.23. The number of Topliss-reactive ketones (excluding diaryl/α,β-unsaturated/α-hetero) is 1. The van der Waals surface area contributed by atoms with Crippen LogP contribution in [0.2, 0.25) is 0 Å². The van der Waals surface area contributed by atoms with E-state index >= 15 is 0 Å². The van der Waals surface area contributed by atoms with Crippen molar-refractivity contribution in [3.05, 3.63) is 60.0 Å². The van der Waals surface area contributed by atoms with Crippen LogP contribution in [0.3, 0.4) is 0 Å². The van der Waals surface area contributed by atoms with Crippen molar-refractivity contribution in [2.24, 2.45) is 0 Å². The number of methoxy groups -OCH3 is 2. The lowest BCUT2D eigenvalue weighted by Gasteiger charge is -2.04. The number of ether oxygens (including phenoxy) is 2. The van der Waals surface area contributed by atoms with Crippen LogP contribution in [0, 0.1) is 0 Å². The molecule has 2 aromatic carbocycles. The number of benzene rings is 2. The zero-order chi connectivity index (χ0) is 20.6. The molecule has 0 saturated heterocycles. The molecule has 0 aliphatic rings. The van der Waals surface area contributed by atoms with Crippen molar-refractivity contribution >= 4 is 11.7 Å². The molecule has 8 heteroatoms. The Balaban J connectivity index is 1.49. The number of rotatable bonds is 9. The minimum absolute atomic E-state index is 0.0624. The molecule has 3 rings (SSSR count). The van der Waals surface area contributed by atoms with E-state index in [4.69, 9.17) is 13.9 Å². The molecule has 0 spiro atoms. The fourth-order valence-electron chi connectivity index (χ4n) is 2.63. The van der Waals surface area contributed by atoms with Crippen molar-refractivity contribution in [1.82, 2.24) is 15.5 Å². The predicted octanol–water partition coefficient (Wildman–Crippen LogP) is 3.03. The van der Waals surface area contributed by atoms with E-state index in [-0.39, 0.29) is 37.0 Å². The van der Waals surface area contributed by atoms with Gasteiger partial charge in [0, 0.05) is 24.0 Å². The molecule has 1 heterocycles. The molecular weight excluding hydrogens is 374 g/mol. The van der Waals surface area contributed by atoms with Gasteiger partial charge in [0.2, 0.25) is 17.7 Å². The van der Waals surface area contributed by atoms with Gasteiger partial charge in [-0.15, -0.1) is 10.2 Å². The number of hydrogen-bond acceptors (Lipinski definition) is 7. The van der Waals surface area contributed by atoms with Gasteiger partial charge >= 0.3 is 0 Å². The summed E-state index contributed by atoms with van der Waals surface area (Å²) in [5.74, 6) is 1.48. The third-order valence-electron chi connectivity index (χ3n) is 4.19. The van der Waals surface area contributed by atoms with E-state index in [9.17, 15) is 9.59 Å². The maximum absolute atomic E-state index is 12.2. The highest BCUT2D eigenvalue weighted by atomic mass is 16.5. The molecule has 150 valence electrons.